The van der Waals surface area contributed by atoms with Crippen LogP contribution in [0.1, 0.15) is 0 Å². The average molecular weight is 276 g/mol. The van der Waals surface area contributed by atoms with Crippen molar-refractivity contribution in [3.8, 4) is 5.75 Å². The number of rotatable bonds is 3. The molecule has 0 aliphatic carbocycles. The van der Waals surface area contributed by atoms with Crippen LogP contribution in [0.2, 0.25) is 0 Å². The second kappa shape index (κ2) is 5.03. The van der Waals surface area contributed by atoms with Gasteiger partial charge >= 0.3 is 12.4 Å². The van der Waals surface area contributed by atoms with Crippen LogP contribution in [0.4, 0.5) is 30.7 Å². The van der Waals surface area contributed by atoms with Gasteiger partial charge in [-0.25, -0.2) is 4.39 Å². The highest BCUT2D eigenvalue weighted by Crippen LogP contribution is 2.39. The zero-order valence-corrected chi connectivity index (χ0v) is 8.65. The minimum atomic E-state index is -5.47. The van der Waals surface area contributed by atoms with Gasteiger partial charge in [0.1, 0.15) is 18.2 Å². The molecule has 102 valence electrons. The molecular weight excluding hydrogens is 269 g/mol. The first-order valence-electron chi connectivity index (χ1n) is 4.62. The summed E-state index contributed by atoms with van der Waals surface area (Å²) in [6.07, 6.45) is -10.9. The summed E-state index contributed by atoms with van der Waals surface area (Å²) in [5, 5.41) is 0. The summed E-state index contributed by atoms with van der Waals surface area (Å²) < 4.78 is 89.7. The van der Waals surface area contributed by atoms with Gasteiger partial charge < -0.3 is 4.74 Å². The SMILES string of the molecule is Fc1cccc(OCC(C(F)(F)F)C(F)(F)F)c1. The smallest absolute Gasteiger partial charge is 0.403 e. The van der Waals surface area contributed by atoms with Gasteiger partial charge in [-0.3, -0.25) is 0 Å². The second-order valence-corrected chi connectivity index (χ2v) is 3.40. The van der Waals surface area contributed by atoms with E-state index >= 15 is 0 Å². The average Bonchev–Trinajstić information content (AvgIpc) is 2.13. The van der Waals surface area contributed by atoms with Crippen molar-refractivity contribution in [2.45, 2.75) is 12.4 Å². The fourth-order valence-corrected chi connectivity index (χ4v) is 1.11. The predicted octanol–water partition coefficient (Wildman–Crippen LogP) is 3.95. The molecule has 0 heterocycles. The molecule has 0 bridgehead atoms. The molecular formula is C10H7F7O. The van der Waals surface area contributed by atoms with Crippen LogP contribution in [0, 0.1) is 11.7 Å². The van der Waals surface area contributed by atoms with Gasteiger partial charge in [-0.2, -0.15) is 26.3 Å². The zero-order chi connectivity index (χ0) is 14.0. The second-order valence-electron chi connectivity index (χ2n) is 3.40. The van der Waals surface area contributed by atoms with Gasteiger partial charge in [0.05, 0.1) is 0 Å². The van der Waals surface area contributed by atoms with Crippen LogP contribution >= 0.6 is 0 Å². The third-order valence-corrected chi connectivity index (χ3v) is 2.00. The van der Waals surface area contributed by atoms with Crippen molar-refractivity contribution in [2.24, 2.45) is 5.92 Å². The largest absolute Gasteiger partial charge is 0.492 e. The van der Waals surface area contributed by atoms with Gasteiger partial charge in [-0.15, -0.1) is 0 Å². The molecule has 1 rings (SSSR count). The first kappa shape index (κ1) is 14.6. The van der Waals surface area contributed by atoms with Crippen molar-refractivity contribution in [1.29, 1.82) is 0 Å². The standard InChI is InChI=1S/C10H7F7O/c11-6-2-1-3-7(4-6)18-5-8(9(12,13)14)10(15,16)17/h1-4,8H,5H2. The molecule has 0 unspecified atom stereocenters. The van der Waals surface area contributed by atoms with Gasteiger partial charge in [-0.1, -0.05) is 6.07 Å². The van der Waals surface area contributed by atoms with Gasteiger partial charge in [0.15, 0.2) is 5.92 Å². The van der Waals surface area contributed by atoms with Crippen LogP contribution in [-0.4, -0.2) is 19.0 Å². The minimum absolute atomic E-state index is 0.395. The number of halogens is 7. The highest BCUT2D eigenvalue weighted by molar-refractivity contribution is 5.22. The Kier molecular flexibility index (Phi) is 4.08. The topological polar surface area (TPSA) is 9.23 Å². The number of benzene rings is 1. The Bertz CT molecular complexity index is 382. The predicted molar refractivity (Wildman–Crippen MR) is 47.5 cm³/mol. The Morgan fingerprint density at radius 2 is 1.56 bits per heavy atom. The normalized spacial score (nSPS) is 12.9. The van der Waals surface area contributed by atoms with E-state index < -0.39 is 36.4 Å². The summed E-state index contributed by atoms with van der Waals surface area (Å²) in [7, 11) is 0. The molecule has 1 aromatic rings. The number of hydrogen-bond acceptors (Lipinski definition) is 1. The molecule has 0 aliphatic heterocycles. The Morgan fingerprint density at radius 3 is 2.00 bits per heavy atom. The highest BCUT2D eigenvalue weighted by atomic mass is 19.4. The summed E-state index contributed by atoms with van der Waals surface area (Å²) in [6, 6.07) is 3.86. The Balaban J connectivity index is 2.75. The lowest BCUT2D eigenvalue weighted by Gasteiger charge is -2.22. The molecule has 0 atom stereocenters. The van der Waals surface area contributed by atoms with Crippen LogP contribution in [-0.2, 0) is 0 Å². The van der Waals surface area contributed by atoms with E-state index in [9.17, 15) is 30.7 Å². The number of alkyl halides is 6. The Labute approximate surface area is 97.2 Å². The quantitative estimate of drug-likeness (QED) is 0.760. The first-order chi connectivity index (χ1) is 8.10. The molecule has 0 aromatic heterocycles. The molecule has 1 aromatic carbocycles. The summed E-state index contributed by atoms with van der Waals surface area (Å²) in [6.45, 7) is -1.64. The summed E-state index contributed by atoms with van der Waals surface area (Å²) in [4.78, 5) is 0. The van der Waals surface area contributed by atoms with Crippen molar-refractivity contribution >= 4 is 0 Å². The highest BCUT2D eigenvalue weighted by Gasteiger charge is 2.57. The van der Waals surface area contributed by atoms with E-state index in [-0.39, 0.29) is 0 Å². The van der Waals surface area contributed by atoms with E-state index in [1.54, 1.807) is 0 Å². The van der Waals surface area contributed by atoms with E-state index in [4.69, 9.17) is 0 Å². The van der Waals surface area contributed by atoms with Gasteiger partial charge in [-0.05, 0) is 12.1 Å². The van der Waals surface area contributed by atoms with Gasteiger partial charge in [0, 0.05) is 6.07 Å². The van der Waals surface area contributed by atoms with Crippen LogP contribution < -0.4 is 4.74 Å². The van der Waals surface area contributed by atoms with Crippen LogP contribution in [0.3, 0.4) is 0 Å². The number of ether oxygens (including phenoxy) is 1. The van der Waals surface area contributed by atoms with Crippen LogP contribution in [0.25, 0.3) is 0 Å². The Morgan fingerprint density at radius 1 is 1.00 bits per heavy atom. The molecule has 0 saturated heterocycles. The van der Waals surface area contributed by atoms with E-state index in [0.29, 0.717) is 6.07 Å². The minimum Gasteiger partial charge on any atom is -0.492 e. The third-order valence-electron chi connectivity index (χ3n) is 2.00. The summed E-state index contributed by atoms with van der Waals surface area (Å²) in [5.41, 5.74) is 0. The summed E-state index contributed by atoms with van der Waals surface area (Å²) >= 11 is 0. The van der Waals surface area contributed by atoms with Crippen LogP contribution in [0.15, 0.2) is 24.3 Å². The molecule has 0 radical (unpaired) electrons. The summed E-state index contributed by atoms with van der Waals surface area (Å²) in [5.74, 6) is -4.81. The fraction of sp³-hybridized carbons (Fsp3) is 0.400. The number of hydrogen-bond donors (Lipinski definition) is 0. The molecule has 0 aliphatic rings. The Hall–Kier alpha value is -1.47. The van der Waals surface area contributed by atoms with Gasteiger partial charge in [0.25, 0.3) is 0 Å². The first-order valence-corrected chi connectivity index (χ1v) is 4.62. The lowest BCUT2D eigenvalue weighted by atomic mass is 10.1. The maximum absolute atomic E-state index is 12.6. The van der Waals surface area contributed by atoms with Crippen molar-refractivity contribution in [3.63, 3.8) is 0 Å². The molecule has 18 heavy (non-hydrogen) atoms. The maximum atomic E-state index is 12.6. The molecule has 0 amide bonds. The van der Waals surface area contributed by atoms with E-state index in [1.165, 1.54) is 0 Å². The van der Waals surface area contributed by atoms with E-state index in [0.717, 1.165) is 18.2 Å². The zero-order valence-electron chi connectivity index (χ0n) is 8.65. The van der Waals surface area contributed by atoms with E-state index in [2.05, 4.69) is 4.74 Å². The monoisotopic (exact) mass is 276 g/mol. The molecule has 0 saturated carbocycles. The molecule has 0 fully saturated rings. The lowest BCUT2D eigenvalue weighted by molar-refractivity contribution is -0.289. The maximum Gasteiger partial charge on any atom is 0.403 e. The molecule has 8 heteroatoms. The van der Waals surface area contributed by atoms with Crippen molar-refractivity contribution in [3.05, 3.63) is 30.1 Å². The van der Waals surface area contributed by atoms with Gasteiger partial charge in [0.2, 0.25) is 0 Å². The molecule has 0 N–H and O–H groups in total. The fourth-order valence-electron chi connectivity index (χ4n) is 1.11. The van der Waals surface area contributed by atoms with E-state index in [1.807, 2.05) is 0 Å². The third kappa shape index (κ3) is 4.08. The van der Waals surface area contributed by atoms with Crippen molar-refractivity contribution in [2.75, 3.05) is 6.61 Å². The molecule has 1 nitrogen and oxygen atoms in total. The van der Waals surface area contributed by atoms with Crippen LogP contribution in [0.5, 0.6) is 5.75 Å². The lowest BCUT2D eigenvalue weighted by Crippen LogP contribution is -2.40. The van der Waals surface area contributed by atoms with Crippen molar-refractivity contribution < 1.29 is 35.5 Å². The molecule has 0 spiro atoms. The van der Waals surface area contributed by atoms with Crippen molar-refractivity contribution in [1.82, 2.24) is 0 Å².